The first-order valence-corrected chi connectivity index (χ1v) is 5.50. The number of benzene rings is 1. The van der Waals surface area contributed by atoms with Crippen molar-refractivity contribution in [2.75, 3.05) is 13.7 Å². The lowest BCUT2D eigenvalue weighted by atomic mass is 10.1. The fourth-order valence-electron chi connectivity index (χ4n) is 1.31. The van der Waals surface area contributed by atoms with Crippen molar-refractivity contribution < 1.29 is 17.9 Å². The molecule has 0 bridgehead atoms. The highest BCUT2D eigenvalue weighted by molar-refractivity contribution is 9.10. The SMILES string of the molecule is COc1c(Br)cc(C(F)(F)F)cc1/C=C/CN. The van der Waals surface area contributed by atoms with Crippen molar-refractivity contribution in [3.8, 4) is 5.75 Å². The van der Waals surface area contributed by atoms with Crippen molar-refractivity contribution in [1.29, 1.82) is 0 Å². The predicted octanol–water partition coefficient (Wildman–Crippen LogP) is 3.45. The van der Waals surface area contributed by atoms with Gasteiger partial charge >= 0.3 is 6.18 Å². The van der Waals surface area contributed by atoms with Gasteiger partial charge in [-0.3, -0.25) is 0 Å². The van der Waals surface area contributed by atoms with E-state index >= 15 is 0 Å². The summed E-state index contributed by atoms with van der Waals surface area (Å²) in [4.78, 5) is 0. The molecule has 6 heteroatoms. The Hall–Kier alpha value is -1.01. The molecular formula is C11H11BrF3NO. The molecule has 2 nitrogen and oxygen atoms in total. The number of methoxy groups -OCH3 is 1. The summed E-state index contributed by atoms with van der Waals surface area (Å²) in [6, 6.07) is 2.01. The largest absolute Gasteiger partial charge is 0.495 e. The molecule has 0 aliphatic carbocycles. The molecule has 0 aliphatic rings. The Kier molecular flexibility index (Phi) is 4.59. The van der Waals surface area contributed by atoms with Gasteiger partial charge in [0, 0.05) is 12.1 Å². The van der Waals surface area contributed by atoms with Gasteiger partial charge in [-0.15, -0.1) is 0 Å². The molecule has 94 valence electrons. The molecule has 0 radical (unpaired) electrons. The Morgan fingerprint density at radius 3 is 2.53 bits per heavy atom. The van der Waals surface area contributed by atoms with Gasteiger partial charge in [-0.05, 0) is 28.1 Å². The lowest BCUT2D eigenvalue weighted by molar-refractivity contribution is -0.137. The predicted molar refractivity (Wildman–Crippen MR) is 63.8 cm³/mol. The van der Waals surface area contributed by atoms with Crippen LogP contribution in [0.2, 0.25) is 0 Å². The number of halogens is 4. The van der Waals surface area contributed by atoms with E-state index in [-0.39, 0.29) is 11.0 Å². The van der Waals surface area contributed by atoms with Crippen molar-refractivity contribution in [3.05, 3.63) is 33.8 Å². The first-order chi connectivity index (χ1) is 7.90. The summed E-state index contributed by atoms with van der Waals surface area (Å²) < 4.78 is 43.1. The van der Waals surface area contributed by atoms with Crippen LogP contribution >= 0.6 is 15.9 Å². The second-order valence-electron chi connectivity index (χ2n) is 3.22. The van der Waals surface area contributed by atoms with Gasteiger partial charge in [0.25, 0.3) is 0 Å². The van der Waals surface area contributed by atoms with Crippen LogP contribution in [0, 0.1) is 0 Å². The van der Waals surface area contributed by atoms with Gasteiger partial charge in [-0.2, -0.15) is 13.2 Å². The molecule has 1 aromatic rings. The zero-order valence-electron chi connectivity index (χ0n) is 9.01. The molecule has 0 aromatic heterocycles. The van der Waals surface area contributed by atoms with E-state index in [0.717, 1.165) is 12.1 Å². The maximum atomic E-state index is 12.6. The topological polar surface area (TPSA) is 35.2 Å². The van der Waals surface area contributed by atoms with Gasteiger partial charge in [0.1, 0.15) is 5.75 Å². The standard InChI is InChI=1S/C11H11BrF3NO/c1-17-10-7(3-2-4-16)5-8(6-9(10)12)11(13,14)15/h2-3,5-6H,4,16H2,1H3/b3-2+. The van der Waals surface area contributed by atoms with Gasteiger partial charge in [0.2, 0.25) is 0 Å². The number of ether oxygens (including phenoxy) is 1. The number of nitrogens with two attached hydrogens (primary N) is 1. The minimum atomic E-state index is -4.39. The third-order valence-electron chi connectivity index (χ3n) is 2.04. The second-order valence-corrected chi connectivity index (χ2v) is 4.07. The molecule has 0 amide bonds. The minimum absolute atomic E-state index is 0.247. The minimum Gasteiger partial charge on any atom is -0.495 e. The summed E-state index contributed by atoms with van der Waals surface area (Å²) in [7, 11) is 1.40. The first kappa shape index (κ1) is 14.1. The Balaban J connectivity index is 3.33. The summed E-state index contributed by atoms with van der Waals surface area (Å²) in [6.07, 6.45) is -1.33. The molecule has 0 atom stereocenters. The molecule has 0 saturated carbocycles. The highest BCUT2D eigenvalue weighted by Gasteiger charge is 2.31. The van der Waals surface area contributed by atoms with Crippen LogP contribution in [0.25, 0.3) is 6.08 Å². The van der Waals surface area contributed by atoms with Gasteiger partial charge in [0.05, 0.1) is 17.1 Å². The Morgan fingerprint density at radius 1 is 1.41 bits per heavy atom. The molecule has 0 spiro atoms. The summed E-state index contributed by atoms with van der Waals surface area (Å²) in [5.41, 5.74) is 4.87. The summed E-state index contributed by atoms with van der Waals surface area (Å²) in [6.45, 7) is 0.247. The van der Waals surface area contributed by atoms with E-state index in [1.165, 1.54) is 13.2 Å². The zero-order chi connectivity index (χ0) is 13.1. The number of hydrogen-bond donors (Lipinski definition) is 1. The van der Waals surface area contributed by atoms with Crippen LogP contribution in [-0.2, 0) is 6.18 Å². The van der Waals surface area contributed by atoms with Crippen LogP contribution in [0.5, 0.6) is 5.75 Å². The van der Waals surface area contributed by atoms with E-state index in [1.807, 2.05) is 0 Å². The third kappa shape index (κ3) is 3.47. The Bertz CT molecular complexity index is 429. The molecule has 17 heavy (non-hydrogen) atoms. The molecule has 2 N–H and O–H groups in total. The lowest BCUT2D eigenvalue weighted by Gasteiger charge is -2.12. The molecule has 0 unspecified atom stereocenters. The van der Waals surface area contributed by atoms with Crippen molar-refractivity contribution in [3.63, 3.8) is 0 Å². The highest BCUT2D eigenvalue weighted by Crippen LogP contribution is 2.38. The van der Waals surface area contributed by atoms with Crippen LogP contribution in [0.1, 0.15) is 11.1 Å². The maximum absolute atomic E-state index is 12.6. The maximum Gasteiger partial charge on any atom is 0.416 e. The smallest absolute Gasteiger partial charge is 0.416 e. The zero-order valence-corrected chi connectivity index (χ0v) is 10.6. The van der Waals surface area contributed by atoms with E-state index in [2.05, 4.69) is 15.9 Å². The number of hydrogen-bond acceptors (Lipinski definition) is 2. The van der Waals surface area contributed by atoms with Gasteiger partial charge < -0.3 is 10.5 Å². The number of rotatable bonds is 3. The average Bonchev–Trinajstić information content (AvgIpc) is 2.24. The second kappa shape index (κ2) is 5.55. The first-order valence-electron chi connectivity index (χ1n) is 4.71. The molecule has 1 rings (SSSR count). The van der Waals surface area contributed by atoms with Gasteiger partial charge in [0.15, 0.2) is 0 Å². The van der Waals surface area contributed by atoms with Crippen LogP contribution in [-0.4, -0.2) is 13.7 Å². The van der Waals surface area contributed by atoms with E-state index < -0.39 is 11.7 Å². The molecule has 0 aliphatic heterocycles. The van der Waals surface area contributed by atoms with Gasteiger partial charge in [-0.1, -0.05) is 12.2 Å². The van der Waals surface area contributed by atoms with Crippen molar-refractivity contribution >= 4 is 22.0 Å². The third-order valence-corrected chi connectivity index (χ3v) is 2.63. The molecule has 1 aromatic carbocycles. The molecular weight excluding hydrogens is 299 g/mol. The van der Waals surface area contributed by atoms with Gasteiger partial charge in [-0.25, -0.2) is 0 Å². The van der Waals surface area contributed by atoms with E-state index in [0.29, 0.717) is 11.3 Å². The summed E-state index contributed by atoms with van der Waals surface area (Å²) >= 11 is 3.05. The Morgan fingerprint density at radius 2 is 2.06 bits per heavy atom. The van der Waals surface area contributed by atoms with Crippen molar-refractivity contribution in [2.45, 2.75) is 6.18 Å². The normalized spacial score (nSPS) is 12.1. The van der Waals surface area contributed by atoms with E-state index in [4.69, 9.17) is 10.5 Å². The fourth-order valence-corrected chi connectivity index (χ4v) is 1.95. The summed E-state index contributed by atoms with van der Waals surface area (Å²) in [5, 5.41) is 0. The lowest BCUT2D eigenvalue weighted by Crippen LogP contribution is -2.06. The highest BCUT2D eigenvalue weighted by atomic mass is 79.9. The molecule has 0 fully saturated rings. The van der Waals surface area contributed by atoms with Crippen molar-refractivity contribution in [2.24, 2.45) is 5.73 Å². The molecule has 0 saturated heterocycles. The summed E-state index contributed by atoms with van der Waals surface area (Å²) in [5.74, 6) is 0.350. The van der Waals surface area contributed by atoms with E-state index in [1.54, 1.807) is 6.08 Å². The monoisotopic (exact) mass is 309 g/mol. The van der Waals surface area contributed by atoms with Crippen LogP contribution in [0.4, 0.5) is 13.2 Å². The Labute approximate surface area is 105 Å². The van der Waals surface area contributed by atoms with Crippen molar-refractivity contribution in [1.82, 2.24) is 0 Å². The van der Waals surface area contributed by atoms with E-state index in [9.17, 15) is 13.2 Å². The fraction of sp³-hybridized carbons (Fsp3) is 0.273. The van der Waals surface area contributed by atoms with Crippen LogP contribution in [0.3, 0.4) is 0 Å². The molecule has 0 heterocycles. The quantitative estimate of drug-likeness (QED) is 0.928. The van der Waals surface area contributed by atoms with Crippen LogP contribution in [0.15, 0.2) is 22.7 Å². The van der Waals surface area contributed by atoms with Crippen LogP contribution < -0.4 is 10.5 Å². The average molecular weight is 310 g/mol. The number of alkyl halides is 3.